The number of thiophene rings is 1. The highest BCUT2D eigenvalue weighted by atomic mass is 32.1. The second-order valence-corrected chi connectivity index (χ2v) is 19.5. The summed E-state index contributed by atoms with van der Waals surface area (Å²) in [5.74, 6) is -2.70. The first kappa shape index (κ1) is 43.6. The fourth-order valence-electron chi connectivity index (χ4n) is 5.86. The van der Waals surface area contributed by atoms with Crippen LogP contribution in [0.5, 0.6) is 0 Å². The normalized spacial score (nSPS) is 19.4. The first-order chi connectivity index (χ1) is 25.3. The monoisotopic (exact) mass is 780 g/mol. The summed E-state index contributed by atoms with van der Waals surface area (Å²) >= 11 is 1.54. The van der Waals surface area contributed by atoms with Crippen molar-refractivity contribution in [3.8, 4) is 10.4 Å². The Balaban J connectivity index is 1.76. The van der Waals surface area contributed by atoms with Crippen molar-refractivity contribution in [2.75, 3.05) is 6.61 Å². The van der Waals surface area contributed by atoms with Gasteiger partial charge < -0.3 is 24.1 Å². The van der Waals surface area contributed by atoms with Crippen LogP contribution in [0.1, 0.15) is 116 Å². The maximum absolute atomic E-state index is 13.8. The molecule has 1 fully saturated rings. The number of halogens is 1. The Morgan fingerprint density at radius 3 is 1.95 bits per heavy atom. The molecule has 1 aliphatic heterocycles. The zero-order valence-electron chi connectivity index (χ0n) is 34.3. The van der Waals surface area contributed by atoms with Gasteiger partial charge in [-0.3, -0.25) is 19.2 Å². The van der Waals surface area contributed by atoms with Crippen molar-refractivity contribution >= 4 is 35.2 Å². The van der Waals surface area contributed by atoms with E-state index in [0.29, 0.717) is 12.8 Å². The minimum atomic E-state index is -1.05. The molecule has 0 aliphatic carbocycles. The molecule has 2 heterocycles. The second-order valence-electron chi connectivity index (χ2n) is 18.4. The number of hydrogen-bond acceptors (Lipinski definition) is 9. The van der Waals surface area contributed by atoms with Crippen molar-refractivity contribution < 1.29 is 47.6 Å². The Labute approximate surface area is 328 Å². The maximum Gasteiger partial charge on any atom is 0.311 e. The summed E-state index contributed by atoms with van der Waals surface area (Å²) in [4.78, 5) is 53.7. The van der Waals surface area contributed by atoms with Gasteiger partial charge in [0.1, 0.15) is 24.6 Å². The minimum Gasteiger partial charge on any atom is -0.481 e. The van der Waals surface area contributed by atoms with Gasteiger partial charge in [-0.25, -0.2) is 4.39 Å². The van der Waals surface area contributed by atoms with Gasteiger partial charge in [-0.15, -0.1) is 11.3 Å². The molecule has 2 aromatic carbocycles. The number of hydrogen-bond donors (Lipinski definition) is 1. The van der Waals surface area contributed by atoms with Crippen molar-refractivity contribution in [2.45, 2.75) is 127 Å². The van der Waals surface area contributed by atoms with Gasteiger partial charge in [-0.2, -0.15) is 0 Å². The van der Waals surface area contributed by atoms with E-state index in [9.17, 15) is 28.7 Å². The number of esters is 3. The van der Waals surface area contributed by atoms with Crippen LogP contribution in [0.4, 0.5) is 4.39 Å². The molecule has 1 aliphatic rings. The Morgan fingerprint density at radius 1 is 0.800 bits per heavy atom. The highest BCUT2D eigenvalue weighted by molar-refractivity contribution is 7.15. The number of carbonyl (C=O) groups excluding carboxylic acids is 3. The van der Waals surface area contributed by atoms with E-state index in [2.05, 4.69) is 0 Å². The van der Waals surface area contributed by atoms with E-state index in [0.717, 1.165) is 37.6 Å². The van der Waals surface area contributed by atoms with E-state index in [1.54, 1.807) is 99.6 Å². The van der Waals surface area contributed by atoms with Crippen LogP contribution in [0.3, 0.4) is 0 Å². The average molecular weight is 781 g/mol. The molecule has 4 rings (SSSR count). The van der Waals surface area contributed by atoms with Crippen LogP contribution in [0.15, 0.2) is 48.5 Å². The lowest BCUT2D eigenvalue weighted by molar-refractivity contribution is -0.225. The number of carboxylic acids is 1. The predicted octanol–water partition coefficient (Wildman–Crippen LogP) is 9.44. The van der Waals surface area contributed by atoms with Gasteiger partial charge >= 0.3 is 23.9 Å². The molecule has 0 radical (unpaired) electrons. The third-order valence-electron chi connectivity index (χ3n) is 9.57. The molecule has 0 spiro atoms. The van der Waals surface area contributed by atoms with Gasteiger partial charge in [-0.1, -0.05) is 30.3 Å². The zero-order valence-corrected chi connectivity index (χ0v) is 35.1. The van der Waals surface area contributed by atoms with E-state index in [-0.39, 0.29) is 18.8 Å². The Hall–Kier alpha value is -4.09. The standard InChI is InChI=1S/C44H57FO9S/c1-25-13-14-27(19-28(25)20-35-29(23-44(11,12)37(46)47)21-34(55-35)26-15-17-30(45)18-16-26)31-22-32(53-39(49)42(5,6)7)36(54-40(50)43(8,9)10)33(52-31)24-51-38(48)41(2,3)4/h13-19,21,31-33,36H,20,22-24H2,1-12H3,(H,46,47)/t31-,32-,33-,36+/m1/s1. The van der Waals surface area contributed by atoms with Gasteiger partial charge in [-0.05, 0) is 136 Å². The van der Waals surface area contributed by atoms with E-state index < -0.39 is 70.0 Å². The van der Waals surface area contributed by atoms with Gasteiger partial charge in [0.2, 0.25) is 0 Å². The molecule has 3 aromatic rings. The largest absolute Gasteiger partial charge is 0.481 e. The van der Waals surface area contributed by atoms with E-state index in [4.69, 9.17) is 18.9 Å². The van der Waals surface area contributed by atoms with Crippen molar-refractivity contribution in [3.05, 3.63) is 81.5 Å². The topological polar surface area (TPSA) is 125 Å². The Bertz CT molecular complexity index is 1870. The van der Waals surface area contributed by atoms with Crippen molar-refractivity contribution in [1.82, 2.24) is 0 Å². The lowest BCUT2D eigenvalue weighted by Gasteiger charge is -2.42. The summed E-state index contributed by atoms with van der Waals surface area (Å²) in [5, 5.41) is 9.98. The lowest BCUT2D eigenvalue weighted by Crippen LogP contribution is -2.53. The first-order valence-electron chi connectivity index (χ1n) is 18.7. The molecule has 0 amide bonds. The van der Waals surface area contributed by atoms with Crippen LogP contribution >= 0.6 is 11.3 Å². The summed E-state index contributed by atoms with van der Waals surface area (Å²) in [6.45, 7) is 20.8. The van der Waals surface area contributed by atoms with E-state index in [1.165, 1.54) is 12.1 Å². The predicted molar refractivity (Wildman–Crippen MR) is 210 cm³/mol. The third kappa shape index (κ3) is 11.3. The van der Waals surface area contributed by atoms with Gasteiger partial charge in [0, 0.05) is 22.6 Å². The van der Waals surface area contributed by atoms with Crippen LogP contribution in [-0.4, -0.2) is 53.9 Å². The number of ether oxygens (including phenoxy) is 4. The number of rotatable bonds is 11. The van der Waals surface area contributed by atoms with E-state index >= 15 is 0 Å². The summed E-state index contributed by atoms with van der Waals surface area (Å²) in [7, 11) is 0. The molecule has 1 saturated heterocycles. The number of aryl methyl sites for hydroxylation is 1. The average Bonchev–Trinajstić information content (AvgIpc) is 3.45. The molecular weight excluding hydrogens is 724 g/mol. The number of aliphatic carboxylic acids is 1. The van der Waals surface area contributed by atoms with Crippen LogP contribution in [0.25, 0.3) is 10.4 Å². The molecule has 0 bridgehead atoms. The lowest BCUT2D eigenvalue weighted by atomic mass is 9.85. The quantitative estimate of drug-likeness (QED) is 0.150. The summed E-state index contributed by atoms with van der Waals surface area (Å²) in [5.41, 5.74) is 0.951. The minimum absolute atomic E-state index is 0.169. The van der Waals surface area contributed by atoms with Crippen LogP contribution in [0, 0.1) is 34.4 Å². The van der Waals surface area contributed by atoms with Gasteiger partial charge in [0.05, 0.1) is 27.8 Å². The van der Waals surface area contributed by atoms with Crippen molar-refractivity contribution in [3.63, 3.8) is 0 Å². The molecule has 0 unspecified atom stereocenters. The molecule has 9 nitrogen and oxygen atoms in total. The summed E-state index contributed by atoms with van der Waals surface area (Å²) < 4.78 is 38.3. The summed E-state index contributed by atoms with van der Waals surface area (Å²) in [6, 6.07) is 14.2. The van der Waals surface area contributed by atoms with Crippen molar-refractivity contribution in [2.24, 2.45) is 21.7 Å². The summed E-state index contributed by atoms with van der Waals surface area (Å²) in [6.07, 6.45) is -2.61. The second kappa shape index (κ2) is 16.6. The molecular formula is C44H57FO9S. The molecule has 1 aromatic heterocycles. The third-order valence-corrected chi connectivity index (χ3v) is 10.8. The smallest absolute Gasteiger partial charge is 0.311 e. The molecule has 4 atom stereocenters. The molecule has 11 heteroatoms. The van der Waals surface area contributed by atoms with Crippen LogP contribution in [0.2, 0.25) is 0 Å². The highest BCUT2D eigenvalue weighted by Gasteiger charge is 2.47. The van der Waals surface area contributed by atoms with Crippen LogP contribution < -0.4 is 0 Å². The number of benzene rings is 2. The zero-order chi connectivity index (χ0) is 41.3. The Kier molecular flexibility index (Phi) is 13.1. The maximum atomic E-state index is 13.8. The first-order valence-corrected chi connectivity index (χ1v) is 19.5. The van der Waals surface area contributed by atoms with Crippen LogP contribution in [-0.2, 0) is 51.0 Å². The molecule has 300 valence electrons. The molecule has 0 saturated carbocycles. The van der Waals surface area contributed by atoms with E-state index in [1.807, 2.05) is 31.2 Å². The fraction of sp³-hybridized carbons (Fsp3) is 0.545. The Morgan fingerprint density at radius 2 is 1.38 bits per heavy atom. The van der Waals surface area contributed by atoms with Crippen molar-refractivity contribution in [1.29, 1.82) is 0 Å². The highest BCUT2D eigenvalue weighted by Crippen LogP contribution is 2.40. The molecule has 1 N–H and O–H groups in total. The van der Waals surface area contributed by atoms with Gasteiger partial charge in [0.15, 0.2) is 6.10 Å². The number of carbonyl (C=O) groups is 4. The SMILES string of the molecule is Cc1ccc([C@H]2C[C@@H](OC(=O)C(C)(C)C)[C@H](OC(=O)C(C)(C)C)[C@@H](COC(=O)C(C)(C)C)O2)cc1Cc1sc(-c2ccc(F)cc2)cc1CC(C)(C)C(=O)O. The number of carboxylic acid groups (broad SMARTS) is 1. The van der Waals surface area contributed by atoms with Gasteiger partial charge in [0.25, 0.3) is 0 Å². The molecule has 55 heavy (non-hydrogen) atoms. The fourth-order valence-corrected chi connectivity index (χ4v) is 7.07.